The summed E-state index contributed by atoms with van der Waals surface area (Å²) in [5.74, 6) is 1.37. The molecule has 5 rings (SSSR count). The van der Waals surface area contributed by atoms with Gasteiger partial charge in [0.25, 0.3) is 0 Å². The SMILES string of the molecule is COc1cc2oc(=O)c3oc4c5c(ccc4c(=O)c3c2cc1OC)OC(C)(C)C=C5. The lowest BCUT2D eigenvalue weighted by Gasteiger charge is -2.27. The van der Waals surface area contributed by atoms with Crippen LogP contribution in [0.4, 0.5) is 0 Å². The molecule has 2 aromatic carbocycles. The second-order valence-corrected chi connectivity index (χ2v) is 7.62. The molecule has 7 nitrogen and oxygen atoms in total. The van der Waals surface area contributed by atoms with Crippen LogP contribution in [0, 0.1) is 0 Å². The molecule has 0 bridgehead atoms. The Morgan fingerprint density at radius 3 is 2.37 bits per heavy atom. The first kappa shape index (κ1) is 18.3. The number of methoxy groups -OCH3 is 2. The summed E-state index contributed by atoms with van der Waals surface area (Å²) < 4.78 is 27.9. The summed E-state index contributed by atoms with van der Waals surface area (Å²) in [6.45, 7) is 3.85. The van der Waals surface area contributed by atoms with Crippen LogP contribution in [0.3, 0.4) is 0 Å². The average Bonchev–Trinajstić information content (AvgIpc) is 2.72. The molecule has 0 aliphatic carbocycles. The van der Waals surface area contributed by atoms with Gasteiger partial charge in [-0.25, -0.2) is 4.79 Å². The van der Waals surface area contributed by atoms with Gasteiger partial charge in [0, 0.05) is 11.5 Å². The summed E-state index contributed by atoms with van der Waals surface area (Å²) in [6.07, 6.45) is 3.71. The minimum Gasteiger partial charge on any atom is -0.493 e. The molecular formula is C23H18O7. The van der Waals surface area contributed by atoms with Crippen LogP contribution in [0.2, 0.25) is 0 Å². The maximum Gasteiger partial charge on any atom is 0.380 e. The molecule has 0 amide bonds. The number of fused-ring (bicyclic) bond motifs is 6. The van der Waals surface area contributed by atoms with Crippen molar-refractivity contribution in [2.24, 2.45) is 0 Å². The second-order valence-electron chi connectivity index (χ2n) is 7.62. The van der Waals surface area contributed by atoms with Gasteiger partial charge in [-0.1, -0.05) is 0 Å². The minimum absolute atomic E-state index is 0.135. The fourth-order valence-corrected chi connectivity index (χ4v) is 3.78. The van der Waals surface area contributed by atoms with E-state index in [1.165, 1.54) is 20.3 Å². The molecule has 152 valence electrons. The molecule has 2 aromatic heterocycles. The van der Waals surface area contributed by atoms with E-state index in [1.54, 1.807) is 18.2 Å². The van der Waals surface area contributed by atoms with Gasteiger partial charge in [-0.3, -0.25) is 4.79 Å². The number of hydrogen-bond acceptors (Lipinski definition) is 7. The van der Waals surface area contributed by atoms with Crippen molar-refractivity contribution in [3.63, 3.8) is 0 Å². The van der Waals surface area contributed by atoms with Crippen LogP contribution in [-0.4, -0.2) is 19.8 Å². The lowest BCUT2D eigenvalue weighted by molar-refractivity contribution is 0.159. The maximum atomic E-state index is 13.4. The number of rotatable bonds is 2. The fraction of sp³-hybridized carbons (Fsp3) is 0.217. The smallest absolute Gasteiger partial charge is 0.380 e. The van der Waals surface area contributed by atoms with Crippen LogP contribution in [0.25, 0.3) is 39.0 Å². The predicted molar refractivity (Wildman–Crippen MR) is 113 cm³/mol. The summed E-state index contributed by atoms with van der Waals surface area (Å²) in [6, 6.07) is 6.51. The van der Waals surface area contributed by atoms with Gasteiger partial charge in [0.05, 0.1) is 30.6 Å². The Kier molecular flexibility index (Phi) is 3.74. The Morgan fingerprint density at radius 2 is 1.63 bits per heavy atom. The molecule has 30 heavy (non-hydrogen) atoms. The summed E-state index contributed by atoms with van der Waals surface area (Å²) in [4.78, 5) is 26.1. The number of hydrogen-bond donors (Lipinski definition) is 0. The van der Waals surface area contributed by atoms with Crippen molar-refractivity contribution in [1.82, 2.24) is 0 Å². The van der Waals surface area contributed by atoms with Crippen LogP contribution in [0.1, 0.15) is 19.4 Å². The third-order valence-electron chi connectivity index (χ3n) is 5.23. The Morgan fingerprint density at radius 1 is 0.900 bits per heavy atom. The van der Waals surface area contributed by atoms with Crippen LogP contribution in [-0.2, 0) is 0 Å². The molecule has 1 aliphatic heterocycles. The highest BCUT2D eigenvalue weighted by atomic mass is 16.5. The van der Waals surface area contributed by atoms with Crippen molar-refractivity contribution in [3.8, 4) is 17.2 Å². The first-order valence-corrected chi connectivity index (χ1v) is 9.33. The van der Waals surface area contributed by atoms with Gasteiger partial charge >= 0.3 is 5.63 Å². The molecule has 0 saturated carbocycles. The Hall–Kier alpha value is -3.74. The highest BCUT2D eigenvalue weighted by Crippen LogP contribution is 2.38. The van der Waals surface area contributed by atoms with Crippen molar-refractivity contribution in [2.75, 3.05) is 14.2 Å². The van der Waals surface area contributed by atoms with Crippen molar-refractivity contribution in [1.29, 1.82) is 0 Å². The molecule has 3 heterocycles. The van der Waals surface area contributed by atoms with Gasteiger partial charge in [-0.05, 0) is 44.2 Å². The molecule has 7 heteroatoms. The molecular weight excluding hydrogens is 388 g/mol. The van der Waals surface area contributed by atoms with E-state index in [9.17, 15) is 9.59 Å². The highest BCUT2D eigenvalue weighted by molar-refractivity contribution is 6.07. The van der Waals surface area contributed by atoms with E-state index in [1.807, 2.05) is 26.0 Å². The molecule has 0 N–H and O–H groups in total. The van der Waals surface area contributed by atoms with Gasteiger partial charge in [0.15, 0.2) is 11.5 Å². The molecule has 0 radical (unpaired) electrons. The van der Waals surface area contributed by atoms with Gasteiger partial charge in [0.1, 0.15) is 22.5 Å². The van der Waals surface area contributed by atoms with Crippen LogP contribution >= 0.6 is 0 Å². The quantitative estimate of drug-likeness (QED) is 0.279. The van der Waals surface area contributed by atoms with E-state index in [-0.39, 0.29) is 27.6 Å². The first-order chi connectivity index (χ1) is 14.3. The monoisotopic (exact) mass is 406 g/mol. The third kappa shape index (κ3) is 2.51. The minimum atomic E-state index is -0.748. The zero-order valence-corrected chi connectivity index (χ0v) is 16.8. The highest BCUT2D eigenvalue weighted by Gasteiger charge is 2.26. The Bertz CT molecular complexity index is 1500. The number of benzene rings is 2. The van der Waals surface area contributed by atoms with E-state index >= 15 is 0 Å². The molecule has 4 aromatic rings. The third-order valence-corrected chi connectivity index (χ3v) is 5.23. The number of ether oxygens (including phenoxy) is 3. The molecule has 0 fully saturated rings. The van der Waals surface area contributed by atoms with E-state index < -0.39 is 11.2 Å². The summed E-state index contributed by atoms with van der Waals surface area (Å²) >= 11 is 0. The average molecular weight is 406 g/mol. The summed E-state index contributed by atoms with van der Waals surface area (Å²) in [7, 11) is 2.97. The largest absolute Gasteiger partial charge is 0.493 e. The molecule has 1 aliphatic rings. The lowest BCUT2D eigenvalue weighted by Crippen LogP contribution is -2.27. The van der Waals surface area contributed by atoms with Crippen molar-refractivity contribution < 1.29 is 23.0 Å². The molecule has 0 spiro atoms. The molecule has 0 saturated heterocycles. The first-order valence-electron chi connectivity index (χ1n) is 9.33. The maximum absolute atomic E-state index is 13.4. The van der Waals surface area contributed by atoms with E-state index in [0.717, 1.165) is 0 Å². The standard InChI is InChI=1S/C23H18O7/c1-23(2)8-7-11-14(30-23)6-5-12-19(24)18-13-9-16(26-3)17(27-4)10-15(13)28-22(25)21(18)29-20(11)12/h5-10H,1-4H3. The second kappa shape index (κ2) is 6.13. The molecule has 0 atom stereocenters. The van der Waals surface area contributed by atoms with Crippen molar-refractivity contribution >= 4 is 39.0 Å². The lowest BCUT2D eigenvalue weighted by atomic mass is 9.99. The van der Waals surface area contributed by atoms with Crippen LogP contribution in [0.15, 0.2) is 48.8 Å². The van der Waals surface area contributed by atoms with Gasteiger partial charge in [-0.15, -0.1) is 0 Å². The fourth-order valence-electron chi connectivity index (χ4n) is 3.78. The zero-order chi connectivity index (χ0) is 21.2. The topological polar surface area (TPSA) is 88.1 Å². The van der Waals surface area contributed by atoms with E-state index in [2.05, 4.69) is 0 Å². The normalized spacial score (nSPS) is 14.7. The van der Waals surface area contributed by atoms with Gasteiger partial charge < -0.3 is 23.0 Å². The van der Waals surface area contributed by atoms with Crippen molar-refractivity contribution in [3.05, 3.63) is 56.5 Å². The zero-order valence-electron chi connectivity index (χ0n) is 16.8. The van der Waals surface area contributed by atoms with Crippen LogP contribution < -0.4 is 25.3 Å². The van der Waals surface area contributed by atoms with E-state index in [4.69, 9.17) is 23.0 Å². The predicted octanol–water partition coefficient (Wildman–Crippen LogP) is 4.25. The van der Waals surface area contributed by atoms with Crippen molar-refractivity contribution in [2.45, 2.75) is 19.4 Å². The summed E-state index contributed by atoms with van der Waals surface area (Å²) in [5.41, 5.74) is -0.622. The Labute approximate surface area is 170 Å². The van der Waals surface area contributed by atoms with E-state index in [0.29, 0.717) is 33.6 Å². The van der Waals surface area contributed by atoms with Gasteiger partial charge in [-0.2, -0.15) is 0 Å². The Balaban J connectivity index is 1.94. The van der Waals surface area contributed by atoms with Gasteiger partial charge in [0.2, 0.25) is 11.0 Å². The van der Waals surface area contributed by atoms with Crippen LogP contribution in [0.5, 0.6) is 17.2 Å². The summed E-state index contributed by atoms with van der Waals surface area (Å²) in [5, 5.41) is 0.884. The molecule has 0 unspecified atom stereocenters.